The molecule has 0 fully saturated rings. The number of nitrogen functional groups attached to an aromatic ring is 1. The second-order valence-corrected chi connectivity index (χ2v) is 7.75. The number of anilines is 4. The molecule has 1 heterocycles. The maximum atomic E-state index is 6.37. The fourth-order valence-corrected chi connectivity index (χ4v) is 2.92. The first-order chi connectivity index (χ1) is 11.8. The molecule has 0 amide bonds. The molecule has 0 atom stereocenters. The van der Waals surface area contributed by atoms with Crippen molar-refractivity contribution in [2.24, 2.45) is 11.8 Å². The molecule has 0 bridgehead atoms. The summed E-state index contributed by atoms with van der Waals surface area (Å²) < 4.78 is 0. The molecule has 25 heavy (non-hydrogen) atoms. The van der Waals surface area contributed by atoms with Gasteiger partial charge < -0.3 is 16.0 Å². The predicted molar refractivity (Wildman–Crippen MR) is 108 cm³/mol. The fraction of sp³-hybridized carbons (Fsp3) is 0.444. The van der Waals surface area contributed by atoms with Crippen molar-refractivity contribution in [1.29, 1.82) is 0 Å². The van der Waals surface area contributed by atoms with Crippen molar-refractivity contribution < 1.29 is 0 Å². The van der Waals surface area contributed by atoms with Crippen LogP contribution < -0.4 is 16.0 Å². The highest BCUT2D eigenvalue weighted by Crippen LogP contribution is 2.33. The molecule has 0 saturated carbocycles. The first kappa shape index (κ1) is 19.6. The number of hydrogen-bond donors (Lipinski definition) is 2. The molecular weight excluding hydrogens is 357 g/mol. The van der Waals surface area contributed by atoms with Crippen LogP contribution >= 0.6 is 23.2 Å². The van der Waals surface area contributed by atoms with Gasteiger partial charge in [-0.15, -0.1) is 0 Å². The molecule has 0 spiro atoms. The number of rotatable bonds is 7. The lowest BCUT2D eigenvalue weighted by Crippen LogP contribution is -2.32. The number of nitrogens with two attached hydrogens (primary N) is 1. The lowest BCUT2D eigenvalue weighted by Gasteiger charge is -2.28. The van der Waals surface area contributed by atoms with Gasteiger partial charge in [-0.2, -0.15) is 0 Å². The van der Waals surface area contributed by atoms with Crippen LogP contribution in [-0.2, 0) is 0 Å². The van der Waals surface area contributed by atoms with Gasteiger partial charge in [0, 0.05) is 18.1 Å². The summed E-state index contributed by atoms with van der Waals surface area (Å²) in [5.74, 6) is 2.24. The molecule has 3 N–H and O–H groups in total. The molecule has 0 unspecified atom stereocenters. The Bertz CT molecular complexity index is 709. The van der Waals surface area contributed by atoms with Crippen LogP contribution in [0.2, 0.25) is 10.0 Å². The van der Waals surface area contributed by atoms with Crippen molar-refractivity contribution in [3.8, 4) is 0 Å². The number of halogens is 2. The largest absolute Gasteiger partial charge is 0.393 e. The summed E-state index contributed by atoms with van der Waals surface area (Å²) in [6.45, 7) is 10.4. The molecule has 5 nitrogen and oxygen atoms in total. The van der Waals surface area contributed by atoms with E-state index in [1.807, 2.05) is 0 Å². The number of nitrogens with one attached hydrogen (secondary N) is 1. The van der Waals surface area contributed by atoms with E-state index < -0.39 is 0 Å². The van der Waals surface area contributed by atoms with Crippen LogP contribution in [0, 0.1) is 11.8 Å². The van der Waals surface area contributed by atoms with Gasteiger partial charge in [0.15, 0.2) is 11.6 Å². The van der Waals surface area contributed by atoms with Crippen molar-refractivity contribution in [3.05, 3.63) is 34.6 Å². The second-order valence-electron chi connectivity index (χ2n) is 6.90. The molecule has 2 aromatic rings. The number of nitrogens with zero attached hydrogens (tertiary/aromatic N) is 3. The molecule has 0 radical (unpaired) electrons. The Morgan fingerprint density at radius 2 is 1.72 bits per heavy atom. The van der Waals surface area contributed by atoms with Gasteiger partial charge in [0.1, 0.15) is 12.0 Å². The van der Waals surface area contributed by atoms with E-state index in [0.717, 1.165) is 18.9 Å². The minimum atomic E-state index is 0.492. The summed E-state index contributed by atoms with van der Waals surface area (Å²) in [5, 5.41) is 4.29. The Morgan fingerprint density at radius 1 is 1.08 bits per heavy atom. The lowest BCUT2D eigenvalue weighted by molar-refractivity contribution is 0.549. The zero-order valence-corrected chi connectivity index (χ0v) is 16.6. The summed E-state index contributed by atoms with van der Waals surface area (Å²) >= 11 is 12.3. The Labute approximate surface area is 159 Å². The lowest BCUT2D eigenvalue weighted by atomic mass is 10.1. The van der Waals surface area contributed by atoms with Gasteiger partial charge in [0.05, 0.1) is 10.7 Å². The van der Waals surface area contributed by atoms with Gasteiger partial charge in [-0.1, -0.05) is 50.9 Å². The minimum Gasteiger partial charge on any atom is -0.393 e. The van der Waals surface area contributed by atoms with E-state index >= 15 is 0 Å². The number of benzene rings is 1. The Balaban J connectivity index is 2.35. The zero-order chi connectivity index (χ0) is 18.6. The van der Waals surface area contributed by atoms with E-state index in [0.29, 0.717) is 39.1 Å². The molecule has 0 aliphatic rings. The number of aromatic nitrogens is 2. The highest BCUT2D eigenvalue weighted by atomic mass is 35.5. The van der Waals surface area contributed by atoms with Gasteiger partial charge in [0.2, 0.25) is 0 Å². The molecular formula is C18H25Cl2N5. The standard InChI is InChI=1S/C18H25Cl2N5/c1-11(2)8-25(9-12(3)4)18-16(21)17(22-10-23-18)24-15-7-13(19)5-6-14(15)20/h5-7,10-12H,8-9,21H2,1-4H3,(H,22,23,24). The smallest absolute Gasteiger partial charge is 0.159 e. The maximum Gasteiger partial charge on any atom is 0.159 e. The first-order valence-electron chi connectivity index (χ1n) is 8.35. The summed E-state index contributed by atoms with van der Waals surface area (Å²) in [6.07, 6.45) is 1.51. The summed E-state index contributed by atoms with van der Waals surface area (Å²) in [7, 11) is 0. The molecule has 136 valence electrons. The first-order valence-corrected chi connectivity index (χ1v) is 9.11. The minimum absolute atomic E-state index is 0.492. The highest BCUT2D eigenvalue weighted by Gasteiger charge is 2.18. The van der Waals surface area contributed by atoms with Crippen LogP contribution in [0.3, 0.4) is 0 Å². The van der Waals surface area contributed by atoms with Crippen LogP contribution in [0.5, 0.6) is 0 Å². The van der Waals surface area contributed by atoms with Crippen molar-refractivity contribution in [2.45, 2.75) is 27.7 Å². The van der Waals surface area contributed by atoms with Gasteiger partial charge in [-0.05, 0) is 30.0 Å². The SMILES string of the molecule is CC(C)CN(CC(C)C)c1ncnc(Nc2cc(Cl)ccc2Cl)c1N. The number of hydrogen-bond acceptors (Lipinski definition) is 5. The average molecular weight is 382 g/mol. The second kappa shape index (κ2) is 8.59. The normalized spacial score (nSPS) is 11.2. The third kappa shape index (κ3) is 5.38. The predicted octanol–water partition coefficient (Wildman–Crippen LogP) is 5.23. The third-order valence-electron chi connectivity index (χ3n) is 3.51. The van der Waals surface area contributed by atoms with Crippen LogP contribution in [0.15, 0.2) is 24.5 Å². The molecule has 1 aromatic carbocycles. The molecule has 0 saturated heterocycles. The molecule has 2 rings (SSSR count). The van der Waals surface area contributed by atoms with Gasteiger partial charge in [-0.3, -0.25) is 0 Å². The summed E-state index contributed by atoms with van der Waals surface area (Å²) in [4.78, 5) is 10.9. The van der Waals surface area contributed by atoms with Crippen molar-refractivity contribution in [3.63, 3.8) is 0 Å². The Hall–Kier alpha value is -1.72. The summed E-state index contributed by atoms with van der Waals surface area (Å²) in [6, 6.07) is 5.20. The van der Waals surface area contributed by atoms with E-state index in [2.05, 4.69) is 47.9 Å². The van der Waals surface area contributed by atoms with Crippen molar-refractivity contribution in [1.82, 2.24) is 9.97 Å². The van der Waals surface area contributed by atoms with Crippen LogP contribution in [0.1, 0.15) is 27.7 Å². The quantitative estimate of drug-likeness (QED) is 0.687. The van der Waals surface area contributed by atoms with Gasteiger partial charge in [-0.25, -0.2) is 9.97 Å². The van der Waals surface area contributed by atoms with E-state index in [9.17, 15) is 0 Å². The Kier molecular flexibility index (Phi) is 6.73. The maximum absolute atomic E-state index is 6.37. The summed E-state index contributed by atoms with van der Waals surface area (Å²) in [5.41, 5.74) is 7.52. The van der Waals surface area contributed by atoms with Gasteiger partial charge >= 0.3 is 0 Å². The average Bonchev–Trinajstić information content (AvgIpc) is 2.51. The molecule has 0 aliphatic heterocycles. The van der Waals surface area contributed by atoms with E-state index in [-0.39, 0.29) is 0 Å². The van der Waals surface area contributed by atoms with Crippen LogP contribution in [0.4, 0.5) is 23.0 Å². The van der Waals surface area contributed by atoms with Crippen molar-refractivity contribution >= 4 is 46.2 Å². The van der Waals surface area contributed by atoms with Crippen LogP contribution in [0.25, 0.3) is 0 Å². The van der Waals surface area contributed by atoms with Gasteiger partial charge in [0.25, 0.3) is 0 Å². The van der Waals surface area contributed by atoms with E-state index in [1.165, 1.54) is 6.33 Å². The fourth-order valence-electron chi connectivity index (χ4n) is 2.59. The monoisotopic (exact) mass is 381 g/mol. The van der Waals surface area contributed by atoms with E-state index in [1.54, 1.807) is 18.2 Å². The molecule has 1 aromatic heterocycles. The Morgan fingerprint density at radius 3 is 2.32 bits per heavy atom. The third-order valence-corrected chi connectivity index (χ3v) is 4.08. The van der Waals surface area contributed by atoms with E-state index in [4.69, 9.17) is 28.9 Å². The topological polar surface area (TPSA) is 67.1 Å². The zero-order valence-electron chi connectivity index (χ0n) is 15.1. The van der Waals surface area contributed by atoms with Crippen LogP contribution in [-0.4, -0.2) is 23.1 Å². The molecule has 7 heteroatoms. The molecule has 0 aliphatic carbocycles. The highest BCUT2D eigenvalue weighted by molar-refractivity contribution is 6.35. The van der Waals surface area contributed by atoms with Crippen molar-refractivity contribution in [2.75, 3.05) is 29.0 Å².